The Bertz CT molecular complexity index is 914. The van der Waals surface area contributed by atoms with Crippen molar-refractivity contribution in [2.75, 3.05) is 0 Å². The molecule has 2 amide bonds. The van der Waals surface area contributed by atoms with E-state index in [0.29, 0.717) is 10.0 Å². The monoisotopic (exact) mass is 448 g/mol. The van der Waals surface area contributed by atoms with Crippen molar-refractivity contribution in [2.24, 2.45) is 0 Å². The molecule has 0 saturated carbocycles. The van der Waals surface area contributed by atoms with Crippen LogP contribution >= 0.6 is 23.2 Å². The Morgan fingerprint density at radius 2 is 1.73 bits per heavy atom. The molecule has 0 aliphatic rings. The molecule has 2 rings (SSSR count). The summed E-state index contributed by atoms with van der Waals surface area (Å²) < 4.78 is 0. The number of hydrogen-bond acceptors (Lipinski definition) is 2. The van der Waals surface area contributed by atoms with E-state index in [9.17, 15) is 9.59 Å². The SMILES string of the molecule is CCC(C)NC(=O)C(C)N(Cc1ccc(Cl)cc1Cl)C(=O)Cc1ccc(C)c(C)c1. The highest BCUT2D eigenvalue weighted by atomic mass is 35.5. The van der Waals surface area contributed by atoms with Gasteiger partial charge in [0, 0.05) is 22.6 Å². The van der Waals surface area contributed by atoms with Gasteiger partial charge in [-0.2, -0.15) is 0 Å². The van der Waals surface area contributed by atoms with Gasteiger partial charge in [-0.05, 0) is 68.5 Å². The number of benzene rings is 2. The number of aryl methyl sites for hydroxylation is 2. The fraction of sp³-hybridized carbons (Fsp3) is 0.417. The van der Waals surface area contributed by atoms with Crippen molar-refractivity contribution in [3.8, 4) is 0 Å². The van der Waals surface area contributed by atoms with Crippen molar-refractivity contribution in [3.63, 3.8) is 0 Å². The first-order chi connectivity index (χ1) is 14.1. The minimum atomic E-state index is -0.634. The summed E-state index contributed by atoms with van der Waals surface area (Å²) in [5.41, 5.74) is 3.98. The van der Waals surface area contributed by atoms with Crippen molar-refractivity contribution in [2.45, 2.75) is 66.1 Å². The Morgan fingerprint density at radius 3 is 2.33 bits per heavy atom. The van der Waals surface area contributed by atoms with Crippen LogP contribution < -0.4 is 5.32 Å². The number of amides is 2. The van der Waals surface area contributed by atoms with Gasteiger partial charge in [-0.1, -0.05) is 54.4 Å². The zero-order valence-corrected chi connectivity index (χ0v) is 19.8. The molecule has 162 valence electrons. The first kappa shape index (κ1) is 24.2. The van der Waals surface area contributed by atoms with Gasteiger partial charge < -0.3 is 10.2 Å². The maximum Gasteiger partial charge on any atom is 0.242 e. The van der Waals surface area contributed by atoms with Crippen LogP contribution in [0.5, 0.6) is 0 Å². The topological polar surface area (TPSA) is 49.4 Å². The third-order valence-corrected chi connectivity index (χ3v) is 6.04. The van der Waals surface area contributed by atoms with Gasteiger partial charge in [0.15, 0.2) is 0 Å². The first-order valence-electron chi connectivity index (χ1n) is 10.2. The van der Waals surface area contributed by atoms with Crippen molar-refractivity contribution in [1.29, 1.82) is 0 Å². The lowest BCUT2D eigenvalue weighted by Gasteiger charge is -2.30. The van der Waals surface area contributed by atoms with Crippen LogP contribution in [0, 0.1) is 13.8 Å². The second kappa shape index (κ2) is 10.8. The molecule has 2 atom stereocenters. The van der Waals surface area contributed by atoms with E-state index in [1.54, 1.807) is 30.0 Å². The van der Waals surface area contributed by atoms with Gasteiger partial charge in [0.25, 0.3) is 0 Å². The number of halogens is 2. The molecule has 30 heavy (non-hydrogen) atoms. The van der Waals surface area contributed by atoms with E-state index in [-0.39, 0.29) is 30.8 Å². The fourth-order valence-corrected chi connectivity index (χ4v) is 3.54. The molecule has 0 bridgehead atoms. The molecule has 0 spiro atoms. The molecule has 2 unspecified atom stereocenters. The molecule has 6 heteroatoms. The Hall–Kier alpha value is -2.04. The van der Waals surface area contributed by atoms with Crippen LogP contribution in [-0.4, -0.2) is 28.8 Å². The zero-order valence-electron chi connectivity index (χ0n) is 18.3. The molecule has 4 nitrogen and oxygen atoms in total. The van der Waals surface area contributed by atoms with Crippen molar-refractivity contribution in [3.05, 3.63) is 68.7 Å². The molecule has 2 aromatic rings. The normalized spacial score (nSPS) is 12.9. The highest BCUT2D eigenvalue weighted by molar-refractivity contribution is 6.35. The third kappa shape index (κ3) is 6.48. The summed E-state index contributed by atoms with van der Waals surface area (Å²) >= 11 is 12.4. The van der Waals surface area contributed by atoms with Crippen LogP contribution in [0.2, 0.25) is 10.0 Å². The summed E-state index contributed by atoms with van der Waals surface area (Å²) in [6.45, 7) is 10.00. The van der Waals surface area contributed by atoms with Crippen LogP contribution in [0.25, 0.3) is 0 Å². The Labute approximate surface area is 189 Å². The predicted octanol–water partition coefficient (Wildman–Crippen LogP) is 5.48. The second-order valence-corrected chi connectivity index (χ2v) is 8.69. The number of nitrogens with zero attached hydrogens (tertiary/aromatic N) is 1. The van der Waals surface area contributed by atoms with Crippen LogP contribution in [0.1, 0.15) is 49.4 Å². The number of hydrogen-bond donors (Lipinski definition) is 1. The average molecular weight is 449 g/mol. The number of carbonyl (C=O) groups is 2. The maximum atomic E-state index is 13.3. The highest BCUT2D eigenvalue weighted by Crippen LogP contribution is 2.24. The Kier molecular flexibility index (Phi) is 8.75. The van der Waals surface area contributed by atoms with Crippen LogP contribution in [-0.2, 0) is 22.6 Å². The predicted molar refractivity (Wildman–Crippen MR) is 124 cm³/mol. The van der Waals surface area contributed by atoms with Crippen molar-refractivity contribution < 1.29 is 9.59 Å². The molecule has 2 aromatic carbocycles. The lowest BCUT2D eigenvalue weighted by molar-refractivity contribution is -0.140. The molecule has 0 saturated heterocycles. The van der Waals surface area contributed by atoms with Crippen molar-refractivity contribution >= 4 is 35.0 Å². The maximum absolute atomic E-state index is 13.3. The Morgan fingerprint density at radius 1 is 1.03 bits per heavy atom. The van der Waals surface area contributed by atoms with Gasteiger partial charge >= 0.3 is 0 Å². The fourth-order valence-electron chi connectivity index (χ4n) is 3.07. The number of nitrogens with one attached hydrogen (secondary N) is 1. The van der Waals surface area contributed by atoms with Gasteiger partial charge in [-0.25, -0.2) is 0 Å². The lowest BCUT2D eigenvalue weighted by Crippen LogP contribution is -2.50. The highest BCUT2D eigenvalue weighted by Gasteiger charge is 2.27. The van der Waals surface area contributed by atoms with Gasteiger partial charge in [-0.15, -0.1) is 0 Å². The minimum absolute atomic E-state index is 0.0378. The van der Waals surface area contributed by atoms with Crippen LogP contribution in [0.15, 0.2) is 36.4 Å². The molecular weight excluding hydrogens is 419 g/mol. The van der Waals surface area contributed by atoms with E-state index < -0.39 is 6.04 Å². The number of rotatable bonds is 8. The van der Waals surface area contributed by atoms with Gasteiger partial charge in [0.2, 0.25) is 11.8 Å². The summed E-state index contributed by atoms with van der Waals surface area (Å²) in [4.78, 5) is 27.6. The molecule has 0 aliphatic heterocycles. The quantitative estimate of drug-likeness (QED) is 0.580. The van der Waals surface area contributed by atoms with E-state index >= 15 is 0 Å². The van der Waals surface area contributed by atoms with Crippen LogP contribution in [0.4, 0.5) is 0 Å². The summed E-state index contributed by atoms with van der Waals surface area (Å²) in [6, 6.07) is 10.6. The smallest absolute Gasteiger partial charge is 0.242 e. The molecule has 1 N–H and O–H groups in total. The largest absolute Gasteiger partial charge is 0.352 e. The number of carbonyl (C=O) groups excluding carboxylic acids is 2. The van der Waals surface area contributed by atoms with E-state index in [2.05, 4.69) is 5.32 Å². The molecule has 0 aromatic heterocycles. The zero-order chi connectivity index (χ0) is 22.4. The van der Waals surface area contributed by atoms with E-state index in [0.717, 1.165) is 23.1 Å². The first-order valence-corrected chi connectivity index (χ1v) is 11.0. The van der Waals surface area contributed by atoms with E-state index in [1.165, 1.54) is 5.56 Å². The molecule has 0 heterocycles. The molecule has 0 aliphatic carbocycles. The van der Waals surface area contributed by atoms with E-state index in [4.69, 9.17) is 23.2 Å². The summed E-state index contributed by atoms with van der Waals surface area (Å²) in [5.74, 6) is -0.307. The molecular formula is C24H30Cl2N2O2. The standard InChI is InChI=1S/C24H30Cl2N2O2/c1-6-17(4)27-24(30)18(5)28(14-20-9-10-21(25)13-22(20)26)23(29)12-19-8-7-15(2)16(3)11-19/h7-11,13,17-18H,6,12,14H2,1-5H3,(H,27,30). The van der Waals surface area contributed by atoms with Crippen LogP contribution in [0.3, 0.4) is 0 Å². The average Bonchev–Trinajstić information content (AvgIpc) is 2.69. The third-order valence-electron chi connectivity index (χ3n) is 5.45. The second-order valence-electron chi connectivity index (χ2n) is 7.85. The molecule has 0 radical (unpaired) electrons. The Balaban J connectivity index is 2.29. The minimum Gasteiger partial charge on any atom is -0.352 e. The summed E-state index contributed by atoms with van der Waals surface area (Å²) in [6.07, 6.45) is 1.03. The lowest BCUT2D eigenvalue weighted by atomic mass is 10.0. The van der Waals surface area contributed by atoms with Gasteiger partial charge in [-0.3, -0.25) is 9.59 Å². The van der Waals surface area contributed by atoms with Gasteiger partial charge in [0.1, 0.15) is 6.04 Å². The van der Waals surface area contributed by atoms with Gasteiger partial charge in [0.05, 0.1) is 6.42 Å². The summed E-state index contributed by atoms with van der Waals surface area (Å²) in [5, 5.41) is 3.97. The van der Waals surface area contributed by atoms with E-state index in [1.807, 2.05) is 45.9 Å². The van der Waals surface area contributed by atoms with Crippen molar-refractivity contribution in [1.82, 2.24) is 10.2 Å². The molecule has 0 fully saturated rings. The summed E-state index contributed by atoms with van der Waals surface area (Å²) in [7, 11) is 0.